The van der Waals surface area contributed by atoms with Crippen molar-refractivity contribution in [3.8, 4) is 0 Å². The van der Waals surface area contributed by atoms with E-state index in [0.29, 0.717) is 0 Å². The summed E-state index contributed by atoms with van der Waals surface area (Å²) < 4.78 is 27.9. The lowest BCUT2D eigenvalue weighted by atomic mass is 9.86. The molecule has 3 aliphatic rings. The van der Waals surface area contributed by atoms with Crippen LogP contribution in [0.15, 0.2) is 41.3 Å². The molecule has 1 aliphatic carbocycles. The number of nitrogens with one attached hydrogen (secondary N) is 2. The van der Waals surface area contributed by atoms with E-state index >= 15 is 0 Å². The summed E-state index contributed by atoms with van der Waals surface area (Å²) in [6, 6.07) is 9.23. The number of hydrogen-bond acceptors (Lipinski definition) is 5. The van der Waals surface area contributed by atoms with Crippen molar-refractivity contribution < 1.29 is 18.0 Å². The molecule has 2 heterocycles. The smallest absolute Gasteiger partial charge is 0.243 e. The van der Waals surface area contributed by atoms with Gasteiger partial charge in [-0.15, -0.1) is 0 Å². The van der Waals surface area contributed by atoms with Crippen molar-refractivity contribution in [3.63, 3.8) is 0 Å². The van der Waals surface area contributed by atoms with Crippen molar-refractivity contribution in [3.05, 3.63) is 63.1 Å². The summed E-state index contributed by atoms with van der Waals surface area (Å²) in [5.74, 6) is -0.854. The van der Waals surface area contributed by atoms with Gasteiger partial charge in [-0.3, -0.25) is 14.5 Å². The summed E-state index contributed by atoms with van der Waals surface area (Å²) in [4.78, 5) is 28.4. The number of rotatable bonds is 7. The Morgan fingerprint density at radius 1 is 1.00 bits per heavy atom. The van der Waals surface area contributed by atoms with Gasteiger partial charge < -0.3 is 10.6 Å². The molecule has 11 heteroatoms. The summed E-state index contributed by atoms with van der Waals surface area (Å²) in [6.07, 6.45) is 6.26. The van der Waals surface area contributed by atoms with Gasteiger partial charge in [-0.1, -0.05) is 47.8 Å². The number of aryl methyl sites for hydroxylation is 1. The van der Waals surface area contributed by atoms with E-state index in [-0.39, 0.29) is 46.4 Å². The maximum absolute atomic E-state index is 13.4. The highest BCUT2D eigenvalue weighted by atomic mass is 35.5. The van der Waals surface area contributed by atoms with Crippen LogP contribution < -0.4 is 10.6 Å². The number of hydrogen-bond donors (Lipinski definition) is 2. The SMILES string of the molecule is O=C(CC1C(=O)NCCN1S(=O)(=O)c1ccc(Cl)c(Cl)c1)N[C@@H]1CCCc2cc(CN3CCCCC3)ccc21. The van der Waals surface area contributed by atoms with Crippen LogP contribution in [0.2, 0.25) is 10.0 Å². The number of carbonyl (C=O) groups excluding carboxylic acids is 2. The third-order valence-corrected chi connectivity index (χ3v) is 10.5. The Bertz CT molecular complexity index is 1350. The van der Waals surface area contributed by atoms with Crippen LogP contribution >= 0.6 is 23.2 Å². The maximum Gasteiger partial charge on any atom is 0.243 e. The van der Waals surface area contributed by atoms with Crippen molar-refractivity contribution in [2.75, 3.05) is 26.2 Å². The second kappa shape index (κ2) is 12.1. The topological polar surface area (TPSA) is 98.8 Å². The molecule has 1 unspecified atom stereocenters. The van der Waals surface area contributed by atoms with Crippen LogP contribution in [0.3, 0.4) is 0 Å². The van der Waals surface area contributed by atoms with Crippen LogP contribution in [0.1, 0.15) is 61.3 Å². The molecule has 2 N–H and O–H groups in total. The van der Waals surface area contributed by atoms with Gasteiger partial charge in [0.25, 0.3) is 0 Å². The van der Waals surface area contributed by atoms with Gasteiger partial charge in [0.15, 0.2) is 0 Å². The third kappa shape index (κ3) is 6.43. The van der Waals surface area contributed by atoms with E-state index in [1.54, 1.807) is 0 Å². The highest BCUT2D eigenvalue weighted by Gasteiger charge is 2.40. The minimum atomic E-state index is -4.08. The molecule has 39 heavy (non-hydrogen) atoms. The number of benzene rings is 2. The molecule has 0 spiro atoms. The van der Waals surface area contributed by atoms with Gasteiger partial charge in [0.2, 0.25) is 21.8 Å². The third-order valence-electron chi connectivity index (χ3n) is 7.87. The van der Waals surface area contributed by atoms with Gasteiger partial charge in [0.05, 0.1) is 27.4 Å². The Morgan fingerprint density at radius 2 is 1.79 bits per heavy atom. The summed E-state index contributed by atoms with van der Waals surface area (Å²) in [6.45, 7) is 3.44. The van der Waals surface area contributed by atoms with E-state index in [4.69, 9.17) is 23.2 Å². The molecule has 2 atom stereocenters. The minimum Gasteiger partial charge on any atom is -0.353 e. The predicted molar refractivity (Wildman–Crippen MR) is 151 cm³/mol. The molecule has 2 amide bonds. The summed E-state index contributed by atoms with van der Waals surface area (Å²) in [5.41, 5.74) is 3.65. The van der Waals surface area contributed by atoms with Gasteiger partial charge in [0, 0.05) is 19.6 Å². The fraction of sp³-hybridized carbons (Fsp3) is 0.500. The second-order valence-corrected chi connectivity index (χ2v) is 13.3. The van der Waals surface area contributed by atoms with Gasteiger partial charge in [-0.2, -0.15) is 4.31 Å². The highest BCUT2D eigenvalue weighted by Crippen LogP contribution is 2.32. The first kappa shape index (κ1) is 28.4. The number of sulfonamides is 1. The van der Waals surface area contributed by atoms with Crippen molar-refractivity contribution in [2.24, 2.45) is 0 Å². The fourth-order valence-electron chi connectivity index (χ4n) is 5.87. The lowest BCUT2D eigenvalue weighted by Gasteiger charge is -2.34. The first-order valence-corrected chi connectivity index (χ1v) is 15.8. The Hall–Kier alpha value is -2.17. The number of piperidine rings is 1. The Morgan fingerprint density at radius 3 is 2.56 bits per heavy atom. The largest absolute Gasteiger partial charge is 0.353 e. The zero-order valence-electron chi connectivity index (χ0n) is 21.8. The van der Waals surface area contributed by atoms with Crippen LogP contribution in [0.25, 0.3) is 0 Å². The number of piperazine rings is 1. The van der Waals surface area contributed by atoms with Gasteiger partial charge >= 0.3 is 0 Å². The van der Waals surface area contributed by atoms with Crippen LogP contribution in [-0.2, 0) is 32.6 Å². The number of halogens is 2. The van der Waals surface area contributed by atoms with Crippen molar-refractivity contribution in [2.45, 2.75) is 68.5 Å². The average molecular weight is 594 g/mol. The molecule has 210 valence electrons. The molecule has 2 aromatic rings. The lowest BCUT2D eigenvalue weighted by Crippen LogP contribution is -2.58. The zero-order chi connectivity index (χ0) is 27.6. The second-order valence-electron chi connectivity index (χ2n) is 10.6. The van der Waals surface area contributed by atoms with E-state index < -0.39 is 22.0 Å². The molecular weight excluding hydrogens is 559 g/mol. The van der Waals surface area contributed by atoms with Crippen LogP contribution in [0.5, 0.6) is 0 Å². The van der Waals surface area contributed by atoms with E-state index in [0.717, 1.165) is 48.8 Å². The summed E-state index contributed by atoms with van der Waals surface area (Å²) in [7, 11) is -4.08. The minimum absolute atomic E-state index is 0.0539. The first-order chi connectivity index (χ1) is 18.7. The van der Waals surface area contributed by atoms with Crippen molar-refractivity contribution in [1.82, 2.24) is 19.8 Å². The number of amides is 2. The maximum atomic E-state index is 13.4. The lowest BCUT2D eigenvalue weighted by molar-refractivity contribution is -0.132. The van der Waals surface area contributed by atoms with E-state index in [1.165, 1.54) is 48.6 Å². The number of fused-ring (bicyclic) bond motifs is 1. The van der Waals surface area contributed by atoms with Gasteiger partial charge in [0.1, 0.15) is 6.04 Å². The standard InChI is InChI=1S/C28H34Cl2N4O4S/c29-23-10-8-21(16-24(23)30)39(37,38)34-14-11-31-28(36)26(34)17-27(35)32-25-6-4-5-20-15-19(7-9-22(20)25)18-33-12-2-1-3-13-33/h7-10,15-16,25-26H,1-6,11-14,17-18H2,(H,31,36)(H,32,35)/t25-,26?/m1/s1. The van der Waals surface area contributed by atoms with E-state index in [9.17, 15) is 18.0 Å². The molecule has 5 rings (SSSR count). The van der Waals surface area contributed by atoms with Crippen molar-refractivity contribution in [1.29, 1.82) is 0 Å². The fourth-order valence-corrected chi connectivity index (χ4v) is 7.85. The Labute approximate surface area is 240 Å². The molecule has 0 aromatic heterocycles. The molecule has 0 saturated carbocycles. The molecule has 2 aliphatic heterocycles. The molecule has 2 saturated heterocycles. The van der Waals surface area contributed by atoms with Gasteiger partial charge in [-0.05, 0) is 80.1 Å². The van der Waals surface area contributed by atoms with E-state index in [1.807, 2.05) is 0 Å². The molecule has 2 aromatic carbocycles. The molecular formula is C28H34Cl2N4O4S. The highest BCUT2D eigenvalue weighted by molar-refractivity contribution is 7.89. The number of nitrogens with zero attached hydrogens (tertiary/aromatic N) is 2. The normalized spacial score (nSPS) is 22.7. The monoisotopic (exact) mass is 592 g/mol. The van der Waals surface area contributed by atoms with Crippen LogP contribution in [0.4, 0.5) is 0 Å². The number of carbonyl (C=O) groups is 2. The Balaban J connectivity index is 1.28. The van der Waals surface area contributed by atoms with Crippen molar-refractivity contribution >= 4 is 45.0 Å². The summed E-state index contributed by atoms with van der Waals surface area (Å²) >= 11 is 12.0. The molecule has 2 fully saturated rings. The van der Waals surface area contributed by atoms with E-state index in [2.05, 4.69) is 33.7 Å². The van der Waals surface area contributed by atoms with Crippen LogP contribution in [0, 0.1) is 0 Å². The molecule has 0 bridgehead atoms. The molecule has 8 nitrogen and oxygen atoms in total. The quantitative estimate of drug-likeness (QED) is 0.505. The predicted octanol–water partition coefficient (Wildman–Crippen LogP) is 4.05. The average Bonchev–Trinajstić information content (AvgIpc) is 2.92. The van der Waals surface area contributed by atoms with Crippen LogP contribution in [-0.4, -0.2) is 61.7 Å². The summed E-state index contributed by atoms with van der Waals surface area (Å²) in [5, 5.41) is 6.11. The number of likely N-dealkylation sites (tertiary alicyclic amines) is 1. The zero-order valence-corrected chi connectivity index (χ0v) is 24.1. The van der Waals surface area contributed by atoms with Gasteiger partial charge in [-0.25, -0.2) is 8.42 Å². The Kier molecular flexibility index (Phi) is 8.83. The molecule has 0 radical (unpaired) electrons. The first-order valence-electron chi connectivity index (χ1n) is 13.6.